The van der Waals surface area contributed by atoms with Crippen molar-refractivity contribution in [1.82, 2.24) is 4.90 Å². The lowest BCUT2D eigenvalue weighted by Gasteiger charge is -2.59. The SMILES string of the molecule is CN(C)C(=O)C12CC3CC(CC(C(=O)O)(C3)C1)C2. The molecule has 4 nitrogen and oxygen atoms in total. The van der Waals surface area contributed by atoms with Gasteiger partial charge >= 0.3 is 5.97 Å². The van der Waals surface area contributed by atoms with Gasteiger partial charge in [0.25, 0.3) is 0 Å². The largest absolute Gasteiger partial charge is 0.481 e. The fourth-order valence-electron chi connectivity index (χ4n) is 5.24. The fraction of sp³-hybridized carbons (Fsp3) is 0.857. The Hall–Kier alpha value is -1.06. The summed E-state index contributed by atoms with van der Waals surface area (Å²) in [5.41, 5.74) is -0.971. The lowest BCUT2D eigenvalue weighted by molar-refractivity contribution is -0.182. The van der Waals surface area contributed by atoms with Crippen molar-refractivity contribution in [3.05, 3.63) is 0 Å². The summed E-state index contributed by atoms with van der Waals surface area (Å²) in [4.78, 5) is 25.8. The number of carbonyl (C=O) groups is 2. The maximum absolute atomic E-state index is 12.5. The summed E-state index contributed by atoms with van der Waals surface area (Å²) in [6.07, 6.45) is 5.12. The Morgan fingerprint density at radius 2 is 1.56 bits per heavy atom. The smallest absolute Gasteiger partial charge is 0.309 e. The predicted octanol–water partition coefficient (Wildman–Crippen LogP) is 1.75. The Labute approximate surface area is 107 Å². The van der Waals surface area contributed by atoms with Gasteiger partial charge in [-0.2, -0.15) is 0 Å². The minimum absolute atomic E-state index is 0.155. The third-order valence-electron chi connectivity index (χ3n) is 5.37. The van der Waals surface area contributed by atoms with Gasteiger partial charge in [-0.05, 0) is 50.4 Å². The number of amides is 1. The van der Waals surface area contributed by atoms with Crippen LogP contribution in [0.25, 0.3) is 0 Å². The van der Waals surface area contributed by atoms with Gasteiger partial charge in [0.2, 0.25) is 5.91 Å². The van der Waals surface area contributed by atoms with Gasteiger partial charge in [0.05, 0.1) is 10.8 Å². The minimum atomic E-state index is -0.674. The van der Waals surface area contributed by atoms with E-state index < -0.39 is 11.4 Å². The van der Waals surface area contributed by atoms with Crippen LogP contribution in [0, 0.1) is 22.7 Å². The van der Waals surface area contributed by atoms with Gasteiger partial charge in [0.1, 0.15) is 0 Å². The maximum atomic E-state index is 12.5. The summed E-state index contributed by atoms with van der Waals surface area (Å²) < 4.78 is 0. The minimum Gasteiger partial charge on any atom is -0.481 e. The molecule has 0 heterocycles. The van der Waals surface area contributed by atoms with E-state index >= 15 is 0 Å². The standard InChI is InChI=1S/C14H21NO3/c1-15(2)11(16)13-4-9-3-10(5-13)7-14(6-9,8-13)12(17)18/h9-10H,3-8H2,1-2H3,(H,17,18). The molecule has 0 spiro atoms. The van der Waals surface area contributed by atoms with Crippen molar-refractivity contribution in [1.29, 1.82) is 0 Å². The van der Waals surface area contributed by atoms with Crippen LogP contribution in [-0.4, -0.2) is 36.0 Å². The molecule has 0 saturated heterocycles. The molecule has 4 aliphatic carbocycles. The number of carbonyl (C=O) groups excluding carboxylic acids is 1. The van der Waals surface area contributed by atoms with E-state index in [2.05, 4.69) is 0 Å². The van der Waals surface area contributed by atoms with Gasteiger partial charge < -0.3 is 10.0 Å². The Balaban J connectivity index is 1.99. The zero-order valence-electron chi connectivity index (χ0n) is 11.1. The van der Waals surface area contributed by atoms with Crippen molar-refractivity contribution in [3.63, 3.8) is 0 Å². The second-order valence-corrected chi connectivity index (χ2v) is 7.03. The number of hydrogen-bond donors (Lipinski definition) is 1. The normalized spacial score (nSPS) is 45.0. The molecule has 0 aliphatic heterocycles. The summed E-state index contributed by atoms with van der Waals surface area (Å²) in [6, 6.07) is 0. The number of aliphatic carboxylic acids is 1. The molecule has 4 aliphatic rings. The van der Waals surface area contributed by atoms with Crippen molar-refractivity contribution in [2.75, 3.05) is 14.1 Å². The van der Waals surface area contributed by atoms with Crippen molar-refractivity contribution in [2.45, 2.75) is 38.5 Å². The third-order valence-corrected chi connectivity index (χ3v) is 5.37. The van der Waals surface area contributed by atoms with E-state index in [0.29, 0.717) is 18.3 Å². The first-order valence-corrected chi connectivity index (χ1v) is 6.82. The molecule has 4 saturated carbocycles. The van der Waals surface area contributed by atoms with Crippen molar-refractivity contribution < 1.29 is 14.7 Å². The lowest BCUT2D eigenvalue weighted by Crippen LogP contribution is -2.59. The van der Waals surface area contributed by atoms with E-state index in [9.17, 15) is 14.7 Å². The molecule has 18 heavy (non-hydrogen) atoms. The second-order valence-electron chi connectivity index (χ2n) is 7.03. The molecule has 0 aromatic carbocycles. The molecule has 4 fully saturated rings. The predicted molar refractivity (Wildman–Crippen MR) is 65.9 cm³/mol. The Morgan fingerprint density at radius 1 is 1.06 bits per heavy atom. The maximum Gasteiger partial charge on any atom is 0.309 e. The van der Waals surface area contributed by atoms with Crippen LogP contribution < -0.4 is 0 Å². The first-order chi connectivity index (χ1) is 8.37. The zero-order chi connectivity index (χ0) is 13.1. The highest BCUT2D eigenvalue weighted by atomic mass is 16.4. The summed E-state index contributed by atoms with van der Waals surface area (Å²) in [5, 5.41) is 9.59. The number of hydrogen-bond acceptors (Lipinski definition) is 2. The van der Waals surface area contributed by atoms with Gasteiger partial charge in [-0.3, -0.25) is 9.59 Å². The first kappa shape index (κ1) is 12.0. The van der Waals surface area contributed by atoms with E-state index in [0.717, 1.165) is 32.1 Å². The van der Waals surface area contributed by atoms with Crippen LogP contribution >= 0.6 is 0 Å². The molecule has 2 unspecified atom stereocenters. The molecule has 2 atom stereocenters. The molecule has 4 rings (SSSR count). The van der Waals surface area contributed by atoms with Crippen LogP contribution in [0.1, 0.15) is 38.5 Å². The Bertz CT molecular complexity index is 401. The molecule has 0 radical (unpaired) electrons. The molecule has 0 aromatic rings. The molecular weight excluding hydrogens is 230 g/mol. The van der Waals surface area contributed by atoms with E-state index in [1.807, 2.05) is 0 Å². The Morgan fingerprint density at radius 3 is 2.00 bits per heavy atom. The topological polar surface area (TPSA) is 57.6 Å². The highest BCUT2D eigenvalue weighted by Crippen LogP contribution is 2.65. The average Bonchev–Trinajstić information content (AvgIpc) is 2.25. The van der Waals surface area contributed by atoms with Crippen LogP contribution in [0.15, 0.2) is 0 Å². The Kier molecular flexibility index (Phi) is 2.32. The van der Waals surface area contributed by atoms with E-state index in [1.54, 1.807) is 19.0 Å². The quantitative estimate of drug-likeness (QED) is 0.813. The van der Waals surface area contributed by atoms with Crippen molar-refractivity contribution >= 4 is 11.9 Å². The van der Waals surface area contributed by atoms with Crippen LogP contribution in [0.5, 0.6) is 0 Å². The van der Waals surface area contributed by atoms with E-state index in [-0.39, 0.29) is 11.3 Å². The second kappa shape index (κ2) is 3.49. The highest BCUT2D eigenvalue weighted by molar-refractivity contribution is 5.85. The summed E-state index contributed by atoms with van der Waals surface area (Å²) in [6.45, 7) is 0. The third kappa shape index (κ3) is 1.44. The van der Waals surface area contributed by atoms with Crippen molar-refractivity contribution in [3.8, 4) is 0 Å². The number of nitrogens with zero attached hydrogens (tertiary/aromatic N) is 1. The molecule has 4 heteroatoms. The number of carboxylic acid groups (broad SMARTS) is 1. The van der Waals surface area contributed by atoms with Crippen LogP contribution in [0.3, 0.4) is 0 Å². The number of carboxylic acids is 1. The van der Waals surface area contributed by atoms with Gasteiger partial charge in [-0.25, -0.2) is 0 Å². The molecule has 1 amide bonds. The van der Waals surface area contributed by atoms with E-state index in [4.69, 9.17) is 0 Å². The van der Waals surface area contributed by atoms with Gasteiger partial charge in [0.15, 0.2) is 0 Å². The summed E-state index contributed by atoms with van der Waals surface area (Å²) >= 11 is 0. The zero-order valence-corrected chi connectivity index (χ0v) is 11.1. The first-order valence-electron chi connectivity index (χ1n) is 6.82. The summed E-state index contributed by atoms with van der Waals surface area (Å²) in [7, 11) is 3.57. The van der Waals surface area contributed by atoms with Crippen LogP contribution in [0.4, 0.5) is 0 Å². The fourth-order valence-corrected chi connectivity index (χ4v) is 5.24. The van der Waals surface area contributed by atoms with Gasteiger partial charge in [-0.15, -0.1) is 0 Å². The molecule has 100 valence electrons. The van der Waals surface area contributed by atoms with Crippen LogP contribution in [-0.2, 0) is 9.59 Å². The summed E-state index contributed by atoms with van der Waals surface area (Å²) in [5.74, 6) is 0.382. The molecule has 1 N–H and O–H groups in total. The van der Waals surface area contributed by atoms with Gasteiger partial charge in [0, 0.05) is 14.1 Å². The average molecular weight is 251 g/mol. The lowest BCUT2D eigenvalue weighted by atomic mass is 9.44. The highest BCUT2D eigenvalue weighted by Gasteiger charge is 2.63. The number of rotatable bonds is 2. The van der Waals surface area contributed by atoms with Gasteiger partial charge in [-0.1, -0.05) is 0 Å². The van der Waals surface area contributed by atoms with E-state index in [1.165, 1.54) is 0 Å². The monoisotopic (exact) mass is 251 g/mol. The van der Waals surface area contributed by atoms with Crippen molar-refractivity contribution in [2.24, 2.45) is 22.7 Å². The molecular formula is C14H21NO3. The van der Waals surface area contributed by atoms with Crippen LogP contribution in [0.2, 0.25) is 0 Å². The molecule has 0 aromatic heterocycles. The molecule has 4 bridgehead atoms.